The summed E-state index contributed by atoms with van der Waals surface area (Å²) in [5, 5.41) is 15.0. The van der Waals surface area contributed by atoms with Crippen molar-refractivity contribution >= 4 is 27.7 Å². The number of benzene rings is 3. The van der Waals surface area contributed by atoms with Crippen LogP contribution < -0.4 is 19.5 Å². The summed E-state index contributed by atoms with van der Waals surface area (Å²) in [5.41, 5.74) is 5.24. The van der Waals surface area contributed by atoms with Crippen LogP contribution in [0.4, 0.5) is 0 Å². The molecule has 41 heavy (non-hydrogen) atoms. The van der Waals surface area contributed by atoms with Gasteiger partial charge in [-0.3, -0.25) is 4.79 Å². The number of methoxy groups -OCH3 is 4. The molecule has 0 saturated carbocycles. The highest BCUT2D eigenvalue weighted by Crippen LogP contribution is 2.41. The van der Waals surface area contributed by atoms with E-state index in [1.54, 1.807) is 46.6 Å². The number of nitrogens with one attached hydrogen (secondary N) is 2. The van der Waals surface area contributed by atoms with E-state index in [2.05, 4.69) is 10.3 Å². The summed E-state index contributed by atoms with van der Waals surface area (Å²) in [7, 11) is 6.27. The van der Waals surface area contributed by atoms with Crippen molar-refractivity contribution in [2.75, 3.05) is 35.0 Å². The highest BCUT2D eigenvalue weighted by atomic mass is 16.5. The lowest BCUT2D eigenvalue weighted by atomic mass is 10.00. The van der Waals surface area contributed by atoms with Crippen LogP contribution in [-0.2, 0) is 17.8 Å². The smallest absolute Gasteiger partial charge is 0.252 e. The van der Waals surface area contributed by atoms with E-state index >= 15 is 0 Å². The van der Waals surface area contributed by atoms with E-state index in [-0.39, 0.29) is 12.5 Å². The molecule has 0 aliphatic rings. The molecule has 0 aliphatic heterocycles. The second-order valence-corrected chi connectivity index (χ2v) is 9.67. The predicted molar refractivity (Wildman–Crippen MR) is 158 cm³/mol. The van der Waals surface area contributed by atoms with Crippen LogP contribution in [0.25, 0.3) is 33.1 Å². The van der Waals surface area contributed by atoms with Crippen LogP contribution in [0.15, 0.2) is 66.9 Å². The van der Waals surface area contributed by atoms with Crippen LogP contribution in [0.1, 0.15) is 21.5 Å². The average Bonchev–Trinajstić information content (AvgIpc) is 3.42. The molecule has 212 valence electrons. The van der Waals surface area contributed by atoms with Gasteiger partial charge in [-0.2, -0.15) is 0 Å². The van der Waals surface area contributed by atoms with Crippen molar-refractivity contribution < 1.29 is 28.8 Å². The van der Waals surface area contributed by atoms with Crippen molar-refractivity contribution in [2.45, 2.75) is 19.1 Å². The van der Waals surface area contributed by atoms with Crippen molar-refractivity contribution in [3.05, 3.63) is 83.6 Å². The van der Waals surface area contributed by atoms with Crippen LogP contribution in [0.5, 0.6) is 17.2 Å². The molecular formula is C32H33N3O6. The molecule has 0 bridgehead atoms. The van der Waals surface area contributed by atoms with Gasteiger partial charge in [0.1, 0.15) is 0 Å². The first-order valence-electron chi connectivity index (χ1n) is 13.2. The number of aliphatic hydroxyl groups is 1. The summed E-state index contributed by atoms with van der Waals surface area (Å²) >= 11 is 0. The number of fused-ring (bicyclic) bond motifs is 2. The summed E-state index contributed by atoms with van der Waals surface area (Å²) in [6, 6.07) is 18.5. The molecule has 1 atom stereocenters. The Morgan fingerprint density at radius 3 is 2.39 bits per heavy atom. The van der Waals surface area contributed by atoms with E-state index in [0.29, 0.717) is 58.0 Å². The predicted octanol–water partition coefficient (Wildman–Crippen LogP) is 4.89. The molecule has 1 amide bonds. The minimum Gasteiger partial charge on any atom is -0.493 e. The number of rotatable bonds is 11. The second kappa shape index (κ2) is 12.3. The lowest BCUT2D eigenvalue weighted by molar-refractivity contribution is 0.0918. The molecule has 0 aliphatic carbocycles. The van der Waals surface area contributed by atoms with E-state index in [1.807, 2.05) is 48.7 Å². The quantitative estimate of drug-likeness (QED) is 0.213. The molecule has 9 nitrogen and oxygen atoms in total. The third-order valence-corrected chi connectivity index (χ3v) is 7.09. The van der Waals surface area contributed by atoms with E-state index in [9.17, 15) is 9.90 Å². The van der Waals surface area contributed by atoms with Crippen LogP contribution >= 0.6 is 0 Å². The topological polar surface area (TPSA) is 115 Å². The minimum atomic E-state index is -0.503. The van der Waals surface area contributed by atoms with Gasteiger partial charge in [-0.15, -0.1) is 0 Å². The van der Waals surface area contributed by atoms with Crippen molar-refractivity contribution in [2.24, 2.45) is 0 Å². The normalized spacial score (nSPS) is 11.9. The maximum absolute atomic E-state index is 13.9. The van der Waals surface area contributed by atoms with E-state index in [4.69, 9.17) is 23.9 Å². The van der Waals surface area contributed by atoms with Crippen LogP contribution in [0.2, 0.25) is 0 Å². The number of pyridine rings is 1. The summed E-state index contributed by atoms with van der Waals surface area (Å²) in [6.45, 7) is 0.175. The van der Waals surface area contributed by atoms with Crippen molar-refractivity contribution in [3.63, 3.8) is 0 Å². The van der Waals surface area contributed by atoms with Crippen LogP contribution in [0.3, 0.4) is 0 Å². The SMILES string of the molecule is COCc1ccc2nc(-c3cc(OC)c(OC)c(OC)c3)cc(C(=O)N[C@@H](CO)Cc3c[nH]c4ccccc34)c2c1. The molecule has 0 fully saturated rings. The third kappa shape index (κ3) is 5.68. The molecule has 3 aromatic carbocycles. The fourth-order valence-corrected chi connectivity index (χ4v) is 5.08. The molecule has 3 N–H and O–H groups in total. The number of aromatic nitrogens is 2. The van der Waals surface area contributed by atoms with Gasteiger partial charge in [-0.25, -0.2) is 4.98 Å². The monoisotopic (exact) mass is 555 g/mol. The van der Waals surface area contributed by atoms with Crippen molar-refractivity contribution in [1.82, 2.24) is 15.3 Å². The number of carbonyl (C=O) groups excluding carboxylic acids is 1. The maximum atomic E-state index is 13.9. The Labute approximate surface area is 238 Å². The zero-order valence-electron chi connectivity index (χ0n) is 23.5. The largest absolute Gasteiger partial charge is 0.493 e. The molecule has 5 rings (SSSR count). The standard InChI is InChI=1S/C32H33N3O6/c1-38-18-19-9-10-27-24(11-19)25(15-28(35-27)20-13-29(39-2)31(41-4)30(14-20)40-3)32(37)34-22(17-36)12-21-16-33-26-8-6-5-7-23(21)26/h5-11,13-16,22,33,36H,12,17-18H2,1-4H3,(H,34,37)/t22-/m1/s1. The number of aromatic amines is 1. The van der Waals surface area contributed by atoms with E-state index in [1.165, 1.54) is 0 Å². The number of H-pyrrole nitrogens is 1. The minimum absolute atomic E-state index is 0.219. The summed E-state index contributed by atoms with van der Waals surface area (Å²) < 4.78 is 21.9. The summed E-state index contributed by atoms with van der Waals surface area (Å²) in [6.07, 6.45) is 2.38. The van der Waals surface area contributed by atoms with Gasteiger partial charge < -0.3 is 34.4 Å². The van der Waals surface area contributed by atoms with Crippen LogP contribution in [-0.4, -0.2) is 62.1 Å². The number of carbonyl (C=O) groups is 1. The summed E-state index contributed by atoms with van der Waals surface area (Å²) in [5.74, 6) is 1.10. The number of aliphatic hydroxyl groups excluding tert-OH is 1. The molecule has 0 radical (unpaired) electrons. The highest BCUT2D eigenvalue weighted by Gasteiger charge is 2.21. The fourth-order valence-electron chi connectivity index (χ4n) is 5.08. The Balaban J connectivity index is 1.56. The fraction of sp³-hybridized carbons (Fsp3) is 0.250. The first-order chi connectivity index (χ1) is 20.0. The van der Waals surface area contributed by atoms with Gasteiger partial charge in [0.2, 0.25) is 5.75 Å². The van der Waals surface area contributed by atoms with Gasteiger partial charge >= 0.3 is 0 Å². The van der Waals surface area contributed by atoms with Gasteiger partial charge in [0.15, 0.2) is 11.5 Å². The van der Waals surface area contributed by atoms with Gasteiger partial charge in [0.25, 0.3) is 5.91 Å². The molecule has 2 aromatic heterocycles. The molecule has 0 saturated heterocycles. The van der Waals surface area contributed by atoms with Crippen molar-refractivity contribution in [3.8, 4) is 28.5 Å². The maximum Gasteiger partial charge on any atom is 0.252 e. The lowest BCUT2D eigenvalue weighted by Gasteiger charge is -2.18. The number of ether oxygens (including phenoxy) is 4. The van der Waals surface area contributed by atoms with Gasteiger partial charge in [0.05, 0.1) is 57.4 Å². The second-order valence-electron chi connectivity index (χ2n) is 9.67. The Kier molecular flexibility index (Phi) is 8.37. The Morgan fingerprint density at radius 2 is 1.71 bits per heavy atom. The number of nitrogens with zero attached hydrogens (tertiary/aromatic N) is 1. The van der Waals surface area contributed by atoms with E-state index in [0.717, 1.165) is 22.0 Å². The van der Waals surface area contributed by atoms with Gasteiger partial charge in [-0.05, 0) is 53.9 Å². The van der Waals surface area contributed by atoms with Gasteiger partial charge in [0, 0.05) is 35.2 Å². The first kappa shape index (κ1) is 27.9. The number of para-hydroxylation sites is 1. The average molecular weight is 556 g/mol. The number of amides is 1. The molecule has 2 heterocycles. The molecule has 0 spiro atoms. The Bertz CT molecular complexity index is 1670. The van der Waals surface area contributed by atoms with Gasteiger partial charge in [-0.1, -0.05) is 24.3 Å². The number of hydrogen-bond acceptors (Lipinski definition) is 7. The van der Waals surface area contributed by atoms with Crippen molar-refractivity contribution in [1.29, 1.82) is 0 Å². The van der Waals surface area contributed by atoms with Crippen LogP contribution in [0, 0.1) is 0 Å². The lowest BCUT2D eigenvalue weighted by Crippen LogP contribution is -2.39. The van der Waals surface area contributed by atoms with E-state index < -0.39 is 6.04 Å². The summed E-state index contributed by atoms with van der Waals surface area (Å²) in [4.78, 5) is 22.0. The zero-order valence-corrected chi connectivity index (χ0v) is 23.5. The Morgan fingerprint density at radius 1 is 0.951 bits per heavy atom. The zero-order chi connectivity index (χ0) is 28.9. The Hall–Kier alpha value is -4.60. The molecule has 5 aromatic rings. The number of hydrogen-bond donors (Lipinski definition) is 3. The molecular weight excluding hydrogens is 522 g/mol. The molecule has 9 heteroatoms. The molecule has 0 unspecified atom stereocenters. The first-order valence-corrected chi connectivity index (χ1v) is 13.2. The highest BCUT2D eigenvalue weighted by molar-refractivity contribution is 6.07. The third-order valence-electron chi connectivity index (χ3n) is 7.09.